The summed E-state index contributed by atoms with van der Waals surface area (Å²) in [5.74, 6) is 0.851. The van der Waals surface area contributed by atoms with Crippen molar-refractivity contribution in [1.29, 1.82) is 0 Å². The molecule has 0 rings (SSSR count). The quantitative estimate of drug-likeness (QED) is 0.322. The molecule has 0 aromatic carbocycles. The predicted molar refractivity (Wildman–Crippen MR) is 48.4 cm³/mol. The van der Waals surface area contributed by atoms with E-state index in [1.165, 1.54) is 31.7 Å². The average molecular weight is 165 g/mol. The van der Waals surface area contributed by atoms with Gasteiger partial charge in [-0.3, -0.25) is 0 Å². The van der Waals surface area contributed by atoms with Crippen LogP contribution in [0, 0.1) is 0 Å². The Kier molecular flexibility index (Phi) is 8.99. The Hall–Kier alpha value is 0.507. The zero-order valence-corrected chi connectivity index (χ0v) is 8.50. The van der Waals surface area contributed by atoms with Gasteiger partial charge in [0.2, 0.25) is 0 Å². The summed E-state index contributed by atoms with van der Waals surface area (Å²) >= 11 is 5.52. The van der Waals surface area contributed by atoms with Crippen molar-refractivity contribution in [2.45, 2.75) is 38.3 Å². The van der Waals surface area contributed by atoms with Crippen molar-refractivity contribution in [3.05, 3.63) is 0 Å². The summed E-state index contributed by atoms with van der Waals surface area (Å²) in [6.45, 7) is 2.38. The maximum Gasteiger partial charge on any atom is 0.0223 e. The third-order valence-electron chi connectivity index (χ3n) is 1.49. The molecule has 0 N–H and O–H groups in total. The molecule has 56 valence electrons. The number of rotatable bonds is 6. The summed E-state index contributed by atoms with van der Waals surface area (Å²) in [4.78, 5) is 0. The molecule has 0 bridgehead atoms. The molecule has 0 saturated carbocycles. The van der Waals surface area contributed by atoms with Gasteiger partial charge in [-0.2, -0.15) is 0 Å². The molecule has 0 aliphatic rings. The van der Waals surface area contributed by atoms with Gasteiger partial charge in [-0.25, -0.2) is 0 Å². The maximum absolute atomic E-state index is 5.52. The molecule has 0 saturated heterocycles. The zero-order valence-electron chi connectivity index (χ0n) is 6.33. The Morgan fingerprint density at radius 2 is 1.78 bits per heavy atom. The van der Waals surface area contributed by atoms with Gasteiger partial charge >= 0.3 is 0 Å². The summed E-state index contributed by atoms with van der Waals surface area (Å²) < 4.78 is 0. The van der Waals surface area contributed by atoms with Gasteiger partial charge in [0, 0.05) is 15.4 Å². The third kappa shape index (κ3) is 8.51. The first-order valence-electron chi connectivity index (χ1n) is 3.97. The fraction of sp³-hybridized carbons (Fsp3) is 1.00. The van der Waals surface area contributed by atoms with Crippen molar-refractivity contribution >= 4 is 21.1 Å². The van der Waals surface area contributed by atoms with E-state index in [9.17, 15) is 0 Å². The second kappa shape index (κ2) is 8.51. The Balaban J connectivity index is 2.60. The van der Waals surface area contributed by atoms with E-state index in [0.29, 0.717) is 9.52 Å². The van der Waals surface area contributed by atoms with Gasteiger partial charge in [-0.05, 0) is 6.42 Å². The minimum absolute atomic E-state index is 0.347. The molecule has 0 aliphatic carbocycles. The first kappa shape index (κ1) is 9.51. The lowest BCUT2D eigenvalue weighted by Gasteiger charge is -1.95. The van der Waals surface area contributed by atoms with Crippen LogP contribution in [-0.2, 0) is 0 Å². The van der Waals surface area contributed by atoms with E-state index in [0.717, 1.165) is 5.88 Å². The second-order valence-electron chi connectivity index (χ2n) is 2.46. The summed E-state index contributed by atoms with van der Waals surface area (Å²) in [6, 6.07) is 1.53. The van der Waals surface area contributed by atoms with Gasteiger partial charge in [0.15, 0.2) is 0 Å². The lowest BCUT2D eigenvalue weighted by atomic mass is 10.2. The highest BCUT2D eigenvalue weighted by molar-refractivity contribution is 6.33. The number of unbranched alkanes of at least 4 members (excludes halogenated alkanes) is 3. The van der Waals surface area contributed by atoms with E-state index < -0.39 is 0 Å². The first-order chi connectivity index (χ1) is 4.41. The highest BCUT2D eigenvalue weighted by Crippen LogP contribution is 2.03. The molecule has 0 unspecified atom stereocenters. The van der Waals surface area contributed by atoms with E-state index in [-0.39, 0.29) is 0 Å². The summed E-state index contributed by atoms with van der Waals surface area (Å²) in [6.07, 6.45) is 5.43. The smallest absolute Gasteiger partial charge is 0.0223 e. The van der Waals surface area contributed by atoms with Gasteiger partial charge in [0.25, 0.3) is 0 Å². The minimum atomic E-state index is 0.347. The Morgan fingerprint density at radius 3 is 2.33 bits per heavy atom. The van der Waals surface area contributed by atoms with Crippen LogP contribution in [0.4, 0.5) is 0 Å². The summed E-state index contributed by atoms with van der Waals surface area (Å²) in [7, 11) is 0.347. The molecule has 0 nitrogen and oxygen atoms in total. The highest BCUT2D eigenvalue weighted by Gasteiger charge is 1.86. The molecule has 0 fully saturated rings. The van der Waals surface area contributed by atoms with Crippen LogP contribution in [-0.4, -0.2) is 15.4 Å². The zero-order chi connectivity index (χ0) is 6.95. The van der Waals surface area contributed by atoms with Crippen LogP contribution in [0.15, 0.2) is 0 Å². The SMILES string of the molecule is C[SiH2]CCCCCCCl. The van der Waals surface area contributed by atoms with Crippen LogP contribution in [0.1, 0.15) is 25.7 Å². The highest BCUT2D eigenvalue weighted by atomic mass is 35.5. The van der Waals surface area contributed by atoms with Crippen LogP contribution in [0.25, 0.3) is 0 Å². The molecule has 0 radical (unpaired) electrons. The number of alkyl halides is 1. The lowest BCUT2D eigenvalue weighted by Crippen LogP contribution is -1.82. The minimum Gasteiger partial charge on any atom is -0.127 e. The van der Waals surface area contributed by atoms with Crippen molar-refractivity contribution in [3.8, 4) is 0 Å². The van der Waals surface area contributed by atoms with Crippen LogP contribution >= 0.6 is 11.6 Å². The van der Waals surface area contributed by atoms with Gasteiger partial charge in [-0.15, -0.1) is 11.6 Å². The molecule has 0 aromatic heterocycles. The number of hydrogen-bond donors (Lipinski definition) is 0. The Labute approximate surface area is 65.8 Å². The standard InChI is InChI=1S/C7H17ClSi/c1-9-7-5-3-2-4-6-8/h2-7,9H2,1H3. The van der Waals surface area contributed by atoms with Gasteiger partial charge < -0.3 is 0 Å². The van der Waals surface area contributed by atoms with Crippen molar-refractivity contribution < 1.29 is 0 Å². The fourth-order valence-corrected chi connectivity index (χ4v) is 1.92. The molecule has 0 aromatic rings. The van der Waals surface area contributed by atoms with E-state index in [2.05, 4.69) is 6.55 Å². The first-order valence-corrected chi connectivity index (χ1v) is 6.92. The number of hydrogen-bond acceptors (Lipinski definition) is 0. The van der Waals surface area contributed by atoms with E-state index >= 15 is 0 Å². The van der Waals surface area contributed by atoms with Crippen LogP contribution in [0.3, 0.4) is 0 Å². The van der Waals surface area contributed by atoms with Gasteiger partial charge in [0.05, 0.1) is 0 Å². The molecule has 0 aliphatic heterocycles. The van der Waals surface area contributed by atoms with Crippen LogP contribution in [0.5, 0.6) is 0 Å². The van der Waals surface area contributed by atoms with Crippen molar-refractivity contribution in [1.82, 2.24) is 0 Å². The largest absolute Gasteiger partial charge is 0.127 e. The molecule has 0 amide bonds. The van der Waals surface area contributed by atoms with E-state index in [4.69, 9.17) is 11.6 Å². The Morgan fingerprint density at radius 1 is 1.11 bits per heavy atom. The molecular formula is C7H17ClSi. The second-order valence-corrected chi connectivity index (χ2v) is 4.54. The molecule has 0 spiro atoms. The Bertz CT molecular complexity index is 42.2. The normalized spacial score (nSPS) is 11.3. The van der Waals surface area contributed by atoms with Crippen molar-refractivity contribution in [2.75, 3.05) is 5.88 Å². The summed E-state index contributed by atoms with van der Waals surface area (Å²) in [5, 5.41) is 0. The van der Waals surface area contributed by atoms with E-state index in [1.54, 1.807) is 0 Å². The fourth-order valence-electron chi connectivity index (χ4n) is 0.875. The summed E-state index contributed by atoms with van der Waals surface area (Å²) in [5.41, 5.74) is 0. The van der Waals surface area contributed by atoms with Crippen molar-refractivity contribution in [2.24, 2.45) is 0 Å². The molecule has 0 atom stereocenters. The van der Waals surface area contributed by atoms with Gasteiger partial charge in [-0.1, -0.05) is 31.9 Å². The van der Waals surface area contributed by atoms with Crippen LogP contribution in [0.2, 0.25) is 12.6 Å². The van der Waals surface area contributed by atoms with E-state index in [1.807, 2.05) is 0 Å². The van der Waals surface area contributed by atoms with Crippen LogP contribution < -0.4 is 0 Å². The topological polar surface area (TPSA) is 0 Å². The molecule has 2 heteroatoms. The third-order valence-corrected chi connectivity index (χ3v) is 2.96. The van der Waals surface area contributed by atoms with Gasteiger partial charge in [0.1, 0.15) is 0 Å². The lowest BCUT2D eigenvalue weighted by molar-refractivity contribution is 0.703. The van der Waals surface area contributed by atoms with Crippen molar-refractivity contribution in [3.63, 3.8) is 0 Å². The molecule has 0 heterocycles. The monoisotopic (exact) mass is 164 g/mol. The predicted octanol–water partition coefficient (Wildman–Crippen LogP) is 2.42. The average Bonchev–Trinajstić information content (AvgIpc) is 1.89. The molecule has 9 heavy (non-hydrogen) atoms. The maximum atomic E-state index is 5.52. The molecular weight excluding hydrogens is 148 g/mol. The number of halogens is 1.